The molecule has 4 heteroatoms. The van der Waals surface area contributed by atoms with Crippen LogP contribution < -0.4 is 29.6 Å². The van der Waals surface area contributed by atoms with Crippen LogP contribution in [0.1, 0.15) is 15.3 Å². The van der Waals surface area contributed by atoms with Gasteiger partial charge in [-0.15, -0.1) is 0 Å². The van der Waals surface area contributed by atoms with Crippen LogP contribution in [0.25, 0.3) is 0 Å². The molecule has 0 radical (unpaired) electrons. The van der Waals surface area contributed by atoms with Gasteiger partial charge in [0.15, 0.2) is 0 Å². The number of carbonyl (C=O) groups excluding carboxylic acids is 1. The van der Waals surface area contributed by atoms with Crippen LogP contribution in [-0.4, -0.2) is 17.7 Å². The fourth-order valence-corrected chi connectivity index (χ4v) is 0.298. The molecular formula is C6H11NaO3. The molecule has 0 aromatic rings. The second-order valence-corrected chi connectivity index (χ2v) is 1.53. The molecule has 0 aliphatic rings. The van der Waals surface area contributed by atoms with Crippen LogP contribution in [0.5, 0.6) is 0 Å². The van der Waals surface area contributed by atoms with Crippen molar-refractivity contribution < 1.29 is 45.6 Å². The number of esters is 1. The summed E-state index contributed by atoms with van der Waals surface area (Å²) in [4.78, 5) is 10.5. The average Bonchev–Trinajstić information content (AvgIpc) is 1.87. The van der Waals surface area contributed by atoms with E-state index in [1.54, 1.807) is 6.92 Å². The van der Waals surface area contributed by atoms with Gasteiger partial charge in [-0.1, -0.05) is 0 Å². The van der Waals surface area contributed by atoms with Crippen molar-refractivity contribution in [2.75, 3.05) is 6.61 Å². The van der Waals surface area contributed by atoms with Crippen molar-refractivity contribution in [1.29, 1.82) is 0 Å². The molecule has 0 atom stereocenters. The van der Waals surface area contributed by atoms with Crippen LogP contribution in [0.3, 0.4) is 0 Å². The Kier molecular flexibility index (Phi) is 9.02. The molecule has 0 aromatic carbocycles. The summed E-state index contributed by atoms with van der Waals surface area (Å²) in [5.74, 6) is -0.472. The van der Waals surface area contributed by atoms with Crippen molar-refractivity contribution in [1.82, 2.24) is 0 Å². The van der Waals surface area contributed by atoms with E-state index >= 15 is 0 Å². The molecule has 54 valence electrons. The van der Waals surface area contributed by atoms with Crippen LogP contribution in [0.15, 0.2) is 11.8 Å². The predicted octanol–water partition coefficient (Wildman–Crippen LogP) is -1.87. The minimum absolute atomic E-state index is 0. The van der Waals surface area contributed by atoms with Crippen molar-refractivity contribution in [3.05, 3.63) is 11.8 Å². The van der Waals surface area contributed by atoms with Crippen LogP contribution in [-0.2, 0) is 9.53 Å². The Labute approximate surface area is 83.8 Å². The maximum atomic E-state index is 10.5. The van der Waals surface area contributed by atoms with Gasteiger partial charge in [0.05, 0.1) is 18.4 Å². The largest absolute Gasteiger partial charge is 1.00 e. The van der Waals surface area contributed by atoms with E-state index in [2.05, 4.69) is 4.74 Å². The van der Waals surface area contributed by atoms with Gasteiger partial charge < -0.3 is 11.3 Å². The van der Waals surface area contributed by atoms with E-state index in [0.717, 1.165) is 6.26 Å². The Morgan fingerprint density at radius 3 is 2.60 bits per heavy atom. The zero-order chi connectivity index (χ0) is 7.28. The van der Waals surface area contributed by atoms with E-state index in [9.17, 15) is 4.79 Å². The van der Waals surface area contributed by atoms with Gasteiger partial charge in [-0.2, -0.15) is 0 Å². The van der Waals surface area contributed by atoms with E-state index in [0.29, 0.717) is 6.61 Å². The van der Waals surface area contributed by atoms with Crippen molar-refractivity contribution in [2.45, 2.75) is 13.8 Å². The number of aliphatic hydroxyl groups is 1. The number of hydrogen-bond acceptors (Lipinski definition) is 3. The van der Waals surface area contributed by atoms with Crippen LogP contribution >= 0.6 is 0 Å². The first-order chi connectivity index (χ1) is 4.22. The monoisotopic (exact) mass is 154 g/mol. The van der Waals surface area contributed by atoms with Crippen LogP contribution in [0.2, 0.25) is 0 Å². The standard InChI is InChI=1S/C6H10O3.Na.H/c1-3-9-6(8)5(2)4-7;;/h4,7H,3H2,1-2H3;;/q;+1;-1. The third kappa shape index (κ3) is 4.85. The molecule has 1 N–H and O–H groups in total. The van der Waals surface area contributed by atoms with Gasteiger partial charge in [-0.25, -0.2) is 4.79 Å². The molecule has 0 aliphatic carbocycles. The Balaban J connectivity index is -0.000000320. The van der Waals surface area contributed by atoms with Crippen molar-refractivity contribution in [3.63, 3.8) is 0 Å². The number of rotatable bonds is 2. The first-order valence-corrected chi connectivity index (χ1v) is 2.70. The van der Waals surface area contributed by atoms with E-state index < -0.39 is 5.97 Å². The Morgan fingerprint density at radius 1 is 1.80 bits per heavy atom. The number of carbonyl (C=O) groups is 1. The van der Waals surface area contributed by atoms with Crippen molar-refractivity contribution >= 4 is 5.97 Å². The van der Waals surface area contributed by atoms with Gasteiger partial charge >= 0.3 is 35.5 Å². The van der Waals surface area contributed by atoms with Gasteiger partial charge in [-0.05, 0) is 13.8 Å². The predicted molar refractivity (Wildman–Crippen MR) is 34.1 cm³/mol. The van der Waals surface area contributed by atoms with E-state index in [4.69, 9.17) is 5.11 Å². The maximum Gasteiger partial charge on any atom is 1.00 e. The van der Waals surface area contributed by atoms with E-state index in [1.807, 2.05) is 0 Å². The average molecular weight is 154 g/mol. The molecule has 0 bridgehead atoms. The second-order valence-electron chi connectivity index (χ2n) is 1.53. The molecule has 0 saturated heterocycles. The minimum atomic E-state index is -0.472. The molecule has 0 amide bonds. The zero-order valence-corrected chi connectivity index (χ0v) is 8.55. The molecule has 0 unspecified atom stereocenters. The van der Waals surface area contributed by atoms with E-state index in [-0.39, 0.29) is 36.6 Å². The Hall–Kier alpha value is 0.0100. The summed E-state index contributed by atoms with van der Waals surface area (Å²) >= 11 is 0. The fourth-order valence-electron chi connectivity index (χ4n) is 0.298. The topological polar surface area (TPSA) is 46.5 Å². The number of ether oxygens (including phenoxy) is 1. The molecule has 0 saturated carbocycles. The van der Waals surface area contributed by atoms with Crippen molar-refractivity contribution in [3.8, 4) is 0 Å². The van der Waals surface area contributed by atoms with Gasteiger partial charge in [0, 0.05) is 0 Å². The summed E-state index contributed by atoms with van der Waals surface area (Å²) in [6.45, 7) is 3.53. The first kappa shape index (κ1) is 12.7. The summed E-state index contributed by atoms with van der Waals surface area (Å²) < 4.78 is 4.53. The molecule has 0 spiro atoms. The molecule has 0 rings (SSSR count). The molecule has 0 aliphatic heterocycles. The molecular weight excluding hydrogens is 143 g/mol. The Morgan fingerprint density at radius 2 is 2.30 bits per heavy atom. The third-order valence-corrected chi connectivity index (χ3v) is 0.791. The van der Waals surface area contributed by atoms with Crippen LogP contribution in [0.4, 0.5) is 0 Å². The number of aliphatic hydroxyl groups excluding tert-OH is 1. The summed E-state index contributed by atoms with van der Waals surface area (Å²) in [6, 6.07) is 0. The van der Waals surface area contributed by atoms with E-state index in [1.165, 1.54) is 6.92 Å². The summed E-state index contributed by atoms with van der Waals surface area (Å²) in [6.07, 6.45) is 0.734. The summed E-state index contributed by atoms with van der Waals surface area (Å²) in [5.41, 5.74) is 0.219. The Bertz CT molecular complexity index is 136. The zero-order valence-electron chi connectivity index (χ0n) is 7.55. The normalized spacial score (nSPS) is 10.0. The van der Waals surface area contributed by atoms with Crippen molar-refractivity contribution in [2.24, 2.45) is 0 Å². The molecule has 10 heavy (non-hydrogen) atoms. The maximum absolute atomic E-state index is 10.5. The molecule has 0 fully saturated rings. The van der Waals surface area contributed by atoms with Gasteiger partial charge in [0.1, 0.15) is 0 Å². The third-order valence-electron chi connectivity index (χ3n) is 0.791. The SMILES string of the molecule is CCOC(=O)C(C)=CO.[H-].[Na+]. The number of hydrogen-bond donors (Lipinski definition) is 1. The smallest absolute Gasteiger partial charge is 1.00 e. The fraction of sp³-hybridized carbons (Fsp3) is 0.500. The summed E-state index contributed by atoms with van der Waals surface area (Å²) in [5, 5.41) is 8.27. The quantitative estimate of drug-likeness (QED) is 0.219. The molecule has 0 heterocycles. The van der Waals surface area contributed by atoms with Gasteiger partial charge in [0.25, 0.3) is 0 Å². The first-order valence-electron chi connectivity index (χ1n) is 2.70. The minimum Gasteiger partial charge on any atom is -1.00 e. The molecule has 0 aromatic heterocycles. The second kappa shape index (κ2) is 7.12. The van der Waals surface area contributed by atoms with Gasteiger partial charge in [0.2, 0.25) is 0 Å². The van der Waals surface area contributed by atoms with Gasteiger partial charge in [-0.3, -0.25) is 0 Å². The summed E-state index contributed by atoms with van der Waals surface area (Å²) in [7, 11) is 0. The molecule has 3 nitrogen and oxygen atoms in total. The van der Waals surface area contributed by atoms with Crippen LogP contribution in [0, 0.1) is 0 Å².